The van der Waals surface area contributed by atoms with Crippen molar-refractivity contribution < 1.29 is 9.53 Å². The quantitative estimate of drug-likeness (QED) is 0.741. The minimum atomic E-state index is -0.269. The van der Waals surface area contributed by atoms with Gasteiger partial charge in [-0.15, -0.1) is 0 Å². The Kier molecular flexibility index (Phi) is 5.39. The third-order valence-electron chi connectivity index (χ3n) is 3.32. The zero-order valence-electron chi connectivity index (χ0n) is 11.7. The number of esters is 1. The van der Waals surface area contributed by atoms with Crippen LogP contribution in [0.25, 0.3) is 0 Å². The van der Waals surface area contributed by atoms with Crippen LogP contribution in [-0.2, 0) is 4.74 Å². The first kappa shape index (κ1) is 15.2. The van der Waals surface area contributed by atoms with Gasteiger partial charge in [0.25, 0.3) is 0 Å². The first-order valence-corrected chi connectivity index (χ1v) is 7.13. The molecule has 3 heteroatoms. The molecule has 0 radical (unpaired) electrons. The maximum absolute atomic E-state index is 11.7. The van der Waals surface area contributed by atoms with Crippen LogP contribution in [0.4, 0.5) is 0 Å². The molecule has 0 spiro atoms. The average molecular weight is 313 g/mol. The number of methoxy groups -OCH3 is 1. The highest BCUT2D eigenvalue weighted by molar-refractivity contribution is 9.10. The van der Waals surface area contributed by atoms with Gasteiger partial charge in [-0.25, -0.2) is 4.79 Å². The summed E-state index contributed by atoms with van der Waals surface area (Å²) in [5.41, 5.74) is 2.98. The van der Waals surface area contributed by atoms with Gasteiger partial charge in [-0.05, 0) is 41.5 Å². The van der Waals surface area contributed by atoms with E-state index in [1.807, 2.05) is 12.1 Å². The molecule has 0 saturated heterocycles. The van der Waals surface area contributed by atoms with E-state index in [0.717, 1.165) is 16.5 Å². The molecule has 0 aliphatic heterocycles. The molecule has 1 unspecified atom stereocenters. The lowest BCUT2D eigenvalue weighted by atomic mass is 9.91. The van der Waals surface area contributed by atoms with Crippen LogP contribution in [0.15, 0.2) is 16.6 Å². The summed E-state index contributed by atoms with van der Waals surface area (Å²) in [7, 11) is 1.42. The summed E-state index contributed by atoms with van der Waals surface area (Å²) in [5.74, 6) is 0.516. The third-order valence-corrected chi connectivity index (χ3v) is 4.23. The van der Waals surface area contributed by atoms with Gasteiger partial charge in [-0.3, -0.25) is 0 Å². The van der Waals surface area contributed by atoms with Crippen LogP contribution in [0.5, 0.6) is 0 Å². The van der Waals surface area contributed by atoms with Gasteiger partial charge in [0.1, 0.15) is 0 Å². The maximum Gasteiger partial charge on any atom is 0.337 e. The van der Waals surface area contributed by atoms with Gasteiger partial charge in [-0.1, -0.05) is 43.6 Å². The molecule has 1 rings (SSSR count). The number of hydrogen-bond donors (Lipinski definition) is 0. The van der Waals surface area contributed by atoms with Crippen LogP contribution in [0.2, 0.25) is 0 Å². The van der Waals surface area contributed by atoms with Crippen molar-refractivity contribution in [3.63, 3.8) is 0 Å². The number of ether oxygens (including phenoxy) is 1. The van der Waals surface area contributed by atoms with Crippen molar-refractivity contribution in [1.82, 2.24) is 0 Å². The van der Waals surface area contributed by atoms with E-state index >= 15 is 0 Å². The Labute approximate surface area is 118 Å². The molecule has 0 bridgehead atoms. The molecule has 0 fully saturated rings. The number of halogens is 1. The van der Waals surface area contributed by atoms with E-state index in [0.29, 0.717) is 17.4 Å². The van der Waals surface area contributed by atoms with E-state index in [-0.39, 0.29) is 5.97 Å². The largest absolute Gasteiger partial charge is 0.465 e. The van der Waals surface area contributed by atoms with Crippen molar-refractivity contribution in [2.45, 2.75) is 46.0 Å². The lowest BCUT2D eigenvalue weighted by Crippen LogP contribution is -2.07. The highest BCUT2D eigenvalue weighted by Crippen LogP contribution is 2.35. The molecule has 0 aromatic heterocycles. The molecular formula is C15H21BrO2. The first-order valence-electron chi connectivity index (χ1n) is 6.33. The fraction of sp³-hybridized carbons (Fsp3) is 0.533. The molecule has 0 N–H and O–H groups in total. The molecule has 100 valence electrons. The smallest absolute Gasteiger partial charge is 0.337 e. The Morgan fingerprint density at radius 3 is 2.28 bits per heavy atom. The Bertz CT molecular complexity index is 438. The summed E-state index contributed by atoms with van der Waals surface area (Å²) in [6.45, 7) is 8.57. The zero-order valence-corrected chi connectivity index (χ0v) is 13.3. The number of benzene rings is 1. The van der Waals surface area contributed by atoms with E-state index < -0.39 is 0 Å². The predicted molar refractivity (Wildman–Crippen MR) is 78.3 cm³/mol. The molecule has 1 aromatic carbocycles. The van der Waals surface area contributed by atoms with Gasteiger partial charge in [0.2, 0.25) is 0 Å². The highest BCUT2D eigenvalue weighted by atomic mass is 79.9. The molecule has 0 saturated carbocycles. The minimum Gasteiger partial charge on any atom is -0.465 e. The molecule has 1 aromatic rings. The van der Waals surface area contributed by atoms with Gasteiger partial charge < -0.3 is 4.74 Å². The molecule has 0 aliphatic carbocycles. The summed E-state index contributed by atoms with van der Waals surface area (Å²) < 4.78 is 5.95. The summed E-state index contributed by atoms with van der Waals surface area (Å²) >= 11 is 3.68. The Morgan fingerprint density at radius 2 is 1.83 bits per heavy atom. The first-order chi connectivity index (χ1) is 8.42. The van der Waals surface area contributed by atoms with Crippen molar-refractivity contribution in [3.05, 3.63) is 33.3 Å². The van der Waals surface area contributed by atoms with Crippen LogP contribution in [0, 0.1) is 0 Å². The lowest BCUT2D eigenvalue weighted by Gasteiger charge is -2.18. The minimum absolute atomic E-state index is 0.269. The fourth-order valence-corrected chi connectivity index (χ4v) is 2.98. The van der Waals surface area contributed by atoms with Crippen molar-refractivity contribution in [1.29, 1.82) is 0 Å². The van der Waals surface area contributed by atoms with Gasteiger partial charge in [-0.2, -0.15) is 0 Å². The van der Waals surface area contributed by atoms with Crippen molar-refractivity contribution in [3.8, 4) is 0 Å². The second-order valence-electron chi connectivity index (χ2n) is 4.92. The number of hydrogen-bond acceptors (Lipinski definition) is 2. The normalized spacial score (nSPS) is 12.6. The number of carbonyl (C=O) groups excluding carboxylic acids is 1. The zero-order chi connectivity index (χ0) is 13.9. The van der Waals surface area contributed by atoms with E-state index in [1.54, 1.807) is 0 Å². The molecule has 18 heavy (non-hydrogen) atoms. The lowest BCUT2D eigenvalue weighted by molar-refractivity contribution is 0.0600. The summed E-state index contributed by atoms with van der Waals surface area (Å²) in [4.78, 5) is 11.7. The molecule has 0 amide bonds. The Hall–Kier alpha value is -0.830. The Morgan fingerprint density at radius 1 is 1.28 bits per heavy atom. The van der Waals surface area contributed by atoms with Crippen LogP contribution >= 0.6 is 15.9 Å². The van der Waals surface area contributed by atoms with Crippen LogP contribution in [-0.4, -0.2) is 13.1 Å². The molecule has 1 atom stereocenters. The van der Waals surface area contributed by atoms with E-state index in [9.17, 15) is 4.79 Å². The van der Waals surface area contributed by atoms with Gasteiger partial charge in [0.05, 0.1) is 12.7 Å². The van der Waals surface area contributed by atoms with Gasteiger partial charge in [0, 0.05) is 4.47 Å². The SMILES string of the molecule is CCC(C)c1cc(C(=O)OC)cc(C(C)C)c1Br. The second kappa shape index (κ2) is 6.37. The molecule has 2 nitrogen and oxygen atoms in total. The standard InChI is InChI=1S/C15H21BrO2/c1-6-10(4)13-8-11(15(17)18-5)7-12(9(2)3)14(13)16/h7-10H,6H2,1-5H3. The van der Waals surface area contributed by atoms with Crippen LogP contribution in [0.3, 0.4) is 0 Å². The van der Waals surface area contributed by atoms with Crippen LogP contribution < -0.4 is 0 Å². The van der Waals surface area contributed by atoms with Crippen molar-refractivity contribution in [2.75, 3.05) is 7.11 Å². The summed E-state index contributed by atoms with van der Waals surface area (Å²) in [6.07, 6.45) is 1.04. The second-order valence-corrected chi connectivity index (χ2v) is 5.72. The molecule has 0 heterocycles. The van der Waals surface area contributed by atoms with Crippen LogP contribution in [0.1, 0.15) is 67.4 Å². The van der Waals surface area contributed by atoms with Crippen molar-refractivity contribution in [2.24, 2.45) is 0 Å². The highest BCUT2D eigenvalue weighted by Gasteiger charge is 2.18. The predicted octanol–water partition coefficient (Wildman–Crippen LogP) is 4.87. The summed E-state index contributed by atoms with van der Waals surface area (Å²) in [5, 5.41) is 0. The Balaban J connectivity index is 3.41. The number of carbonyl (C=O) groups is 1. The third kappa shape index (κ3) is 3.14. The fourth-order valence-electron chi connectivity index (χ4n) is 1.90. The van der Waals surface area contributed by atoms with E-state index in [2.05, 4.69) is 43.6 Å². The topological polar surface area (TPSA) is 26.3 Å². The summed E-state index contributed by atoms with van der Waals surface area (Å²) in [6, 6.07) is 3.86. The maximum atomic E-state index is 11.7. The monoisotopic (exact) mass is 312 g/mol. The van der Waals surface area contributed by atoms with E-state index in [4.69, 9.17) is 4.74 Å². The molecule has 0 aliphatic rings. The van der Waals surface area contributed by atoms with Crippen molar-refractivity contribution >= 4 is 21.9 Å². The van der Waals surface area contributed by atoms with E-state index in [1.165, 1.54) is 12.7 Å². The van der Waals surface area contributed by atoms with Gasteiger partial charge in [0.15, 0.2) is 0 Å². The van der Waals surface area contributed by atoms with Gasteiger partial charge >= 0.3 is 5.97 Å². The molecular weight excluding hydrogens is 292 g/mol. The number of rotatable bonds is 4. The average Bonchev–Trinajstić information content (AvgIpc) is 2.36.